The molecule has 1 aromatic carbocycles. The van der Waals surface area contributed by atoms with Gasteiger partial charge in [0.2, 0.25) is 5.91 Å². The lowest BCUT2D eigenvalue weighted by molar-refractivity contribution is -0.116. The zero-order chi connectivity index (χ0) is 19.1. The lowest BCUT2D eigenvalue weighted by Gasteiger charge is -2.16. The lowest BCUT2D eigenvalue weighted by atomic mass is 9.88. The Kier molecular flexibility index (Phi) is 4.16. The lowest BCUT2D eigenvalue weighted by Crippen LogP contribution is -2.29. The minimum absolute atomic E-state index is 0.190. The molecule has 0 saturated carbocycles. The van der Waals surface area contributed by atoms with Crippen LogP contribution in [0.2, 0.25) is 0 Å². The van der Waals surface area contributed by atoms with Crippen molar-refractivity contribution in [3.63, 3.8) is 0 Å². The van der Waals surface area contributed by atoms with E-state index in [1.165, 1.54) is 21.5 Å². The summed E-state index contributed by atoms with van der Waals surface area (Å²) in [4.78, 5) is 25.6. The minimum Gasteiger partial charge on any atom is -0.315 e. The smallest absolute Gasteiger partial charge is 0.315 e. The van der Waals surface area contributed by atoms with Crippen molar-refractivity contribution in [2.45, 2.75) is 26.3 Å². The molecule has 2 heterocycles. The fourth-order valence-electron chi connectivity index (χ4n) is 3.37. The van der Waals surface area contributed by atoms with Crippen LogP contribution in [0.3, 0.4) is 0 Å². The van der Waals surface area contributed by atoms with Crippen LogP contribution >= 0.6 is 11.3 Å². The van der Waals surface area contributed by atoms with Gasteiger partial charge in [-0.15, -0.1) is 11.3 Å². The zero-order valence-electron chi connectivity index (χ0n) is 14.9. The number of carbonyl (C=O) groups is 1. The first-order valence-electron chi connectivity index (χ1n) is 8.54. The molecule has 2 aromatic heterocycles. The first-order chi connectivity index (χ1) is 13.0. The summed E-state index contributed by atoms with van der Waals surface area (Å²) in [6.45, 7) is 1.51. The number of hydrogen-bond acceptors (Lipinski definition) is 5. The minimum atomic E-state index is -0.376. The van der Waals surface area contributed by atoms with Crippen LogP contribution in [0.15, 0.2) is 29.1 Å². The molecule has 1 amide bonds. The molecule has 0 aliphatic heterocycles. The largest absolute Gasteiger partial charge is 0.346 e. The van der Waals surface area contributed by atoms with E-state index in [1.807, 2.05) is 18.2 Å². The van der Waals surface area contributed by atoms with Gasteiger partial charge in [-0.05, 0) is 30.9 Å². The maximum atomic E-state index is 12.5. The second kappa shape index (κ2) is 6.52. The van der Waals surface area contributed by atoms with Crippen LogP contribution in [-0.2, 0) is 31.2 Å². The van der Waals surface area contributed by atoms with E-state index in [4.69, 9.17) is 0 Å². The van der Waals surface area contributed by atoms with Crippen molar-refractivity contribution in [3.05, 3.63) is 56.6 Å². The predicted molar refractivity (Wildman–Crippen MR) is 103 cm³/mol. The molecule has 3 aromatic rings. The predicted octanol–water partition coefficient (Wildman–Crippen LogP) is 2.23. The molecule has 8 heteroatoms. The first-order valence-corrected chi connectivity index (χ1v) is 9.35. The van der Waals surface area contributed by atoms with Gasteiger partial charge in [-0.2, -0.15) is 10.4 Å². The van der Waals surface area contributed by atoms with Gasteiger partial charge in [-0.25, -0.2) is 9.48 Å². The number of hydrogen-bond donors (Lipinski definition) is 1. The molecule has 0 atom stereocenters. The van der Waals surface area contributed by atoms with Crippen LogP contribution in [0.25, 0.3) is 11.1 Å². The van der Waals surface area contributed by atoms with Crippen molar-refractivity contribution in [3.8, 4) is 17.2 Å². The van der Waals surface area contributed by atoms with Gasteiger partial charge in [-0.1, -0.05) is 24.3 Å². The van der Waals surface area contributed by atoms with Crippen LogP contribution in [0.5, 0.6) is 0 Å². The number of amides is 1. The van der Waals surface area contributed by atoms with Gasteiger partial charge < -0.3 is 5.32 Å². The Morgan fingerprint density at radius 3 is 2.85 bits per heavy atom. The SMILES string of the molecule is Cc1nn(CC(=O)Nc2sc3c(c2C#N)-c2ccccc2CC3)c(=O)n1C. The summed E-state index contributed by atoms with van der Waals surface area (Å²) in [6.07, 6.45) is 1.77. The van der Waals surface area contributed by atoms with Crippen molar-refractivity contribution >= 4 is 22.2 Å². The number of aromatic nitrogens is 3. The van der Waals surface area contributed by atoms with E-state index in [-0.39, 0.29) is 18.1 Å². The Labute approximate surface area is 159 Å². The number of aryl methyl sites for hydroxylation is 3. The summed E-state index contributed by atoms with van der Waals surface area (Å²) in [5.41, 5.74) is 3.34. The molecule has 0 fully saturated rings. The Morgan fingerprint density at radius 2 is 2.15 bits per heavy atom. The van der Waals surface area contributed by atoms with E-state index in [0.717, 1.165) is 33.5 Å². The molecular weight excluding hydrogens is 362 g/mol. The van der Waals surface area contributed by atoms with Gasteiger partial charge in [-0.3, -0.25) is 9.36 Å². The first kappa shape index (κ1) is 17.2. The molecule has 4 rings (SSSR count). The highest BCUT2D eigenvalue weighted by atomic mass is 32.1. The average Bonchev–Trinajstić information content (AvgIpc) is 3.13. The van der Waals surface area contributed by atoms with Crippen molar-refractivity contribution < 1.29 is 4.79 Å². The standard InChI is InChI=1S/C19H17N5O2S/c1-11-22-24(19(26)23(11)2)10-16(25)21-18-14(9-20)17-13-6-4-3-5-12(13)7-8-15(17)27-18/h3-6H,7-8,10H2,1-2H3,(H,21,25). The van der Waals surface area contributed by atoms with Gasteiger partial charge in [0.1, 0.15) is 23.4 Å². The number of benzene rings is 1. The molecule has 1 aliphatic rings. The quantitative estimate of drug-likeness (QED) is 0.755. The van der Waals surface area contributed by atoms with E-state index in [9.17, 15) is 14.9 Å². The number of anilines is 1. The number of rotatable bonds is 3. The van der Waals surface area contributed by atoms with Crippen LogP contribution in [0, 0.1) is 18.3 Å². The third-order valence-electron chi connectivity index (χ3n) is 4.81. The Morgan fingerprint density at radius 1 is 1.37 bits per heavy atom. The highest BCUT2D eigenvalue weighted by Crippen LogP contribution is 2.44. The molecular formula is C19H17N5O2S. The van der Waals surface area contributed by atoms with Crippen LogP contribution in [0.4, 0.5) is 5.00 Å². The monoisotopic (exact) mass is 379 g/mol. The van der Waals surface area contributed by atoms with Gasteiger partial charge in [0.15, 0.2) is 0 Å². The van der Waals surface area contributed by atoms with E-state index in [0.29, 0.717) is 16.4 Å². The maximum Gasteiger partial charge on any atom is 0.346 e. The normalized spacial score (nSPS) is 12.2. The summed E-state index contributed by atoms with van der Waals surface area (Å²) in [5, 5.41) is 17.1. The number of nitrogens with zero attached hydrogens (tertiary/aromatic N) is 4. The van der Waals surface area contributed by atoms with Gasteiger partial charge in [0.25, 0.3) is 0 Å². The van der Waals surface area contributed by atoms with Crippen molar-refractivity contribution in [1.82, 2.24) is 14.3 Å². The Bertz CT molecular complexity index is 1160. The van der Waals surface area contributed by atoms with Crippen LogP contribution in [0.1, 0.15) is 21.8 Å². The number of nitrogens with one attached hydrogen (secondary N) is 1. The van der Waals surface area contributed by atoms with Gasteiger partial charge in [0, 0.05) is 17.5 Å². The number of thiophene rings is 1. The van der Waals surface area contributed by atoms with E-state index < -0.39 is 0 Å². The highest BCUT2D eigenvalue weighted by molar-refractivity contribution is 7.17. The summed E-state index contributed by atoms with van der Waals surface area (Å²) in [5.74, 6) is 0.160. The zero-order valence-corrected chi connectivity index (χ0v) is 15.8. The molecule has 0 unspecified atom stereocenters. The molecule has 0 spiro atoms. The second-order valence-corrected chi connectivity index (χ2v) is 7.57. The summed E-state index contributed by atoms with van der Waals surface area (Å²) >= 11 is 1.43. The average molecular weight is 379 g/mol. The maximum absolute atomic E-state index is 12.5. The highest BCUT2D eigenvalue weighted by Gasteiger charge is 2.25. The topological polar surface area (TPSA) is 92.7 Å². The Hall–Kier alpha value is -3.18. The van der Waals surface area contributed by atoms with E-state index >= 15 is 0 Å². The summed E-state index contributed by atoms with van der Waals surface area (Å²) in [7, 11) is 1.61. The molecule has 7 nitrogen and oxygen atoms in total. The fourth-order valence-corrected chi connectivity index (χ4v) is 4.54. The number of carbonyl (C=O) groups excluding carboxylic acids is 1. The Balaban J connectivity index is 1.65. The van der Waals surface area contributed by atoms with Gasteiger partial charge >= 0.3 is 5.69 Å². The molecule has 0 radical (unpaired) electrons. The molecule has 1 aliphatic carbocycles. The third-order valence-corrected chi connectivity index (χ3v) is 5.97. The molecule has 1 N–H and O–H groups in total. The summed E-state index contributed by atoms with van der Waals surface area (Å²) < 4.78 is 2.51. The van der Waals surface area contributed by atoms with E-state index in [1.54, 1.807) is 14.0 Å². The van der Waals surface area contributed by atoms with Crippen molar-refractivity contribution in [2.24, 2.45) is 7.05 Å². The van der Waals surface area contributed by atoms with Gasteiger partial charge in [0.05, 0.1) is 5.56 Å². The molecule has 0 bridgehead atoms. The number of nitriles is 1. The van der Waals surface area contributed by atoms with Crippen LogP contribution < -0.4 is 11.0 Å². The van der Waals surface area contributed by atoms with Crippen molar-refractivity contribution in [2.75, 3.05) is 5.32 Å². The van der Waals surface area contributed by atoms with Crippen molar-refractivity contribution in [1.29, 1.82) is 5.26 Å². The number of fused-ring (bicyclic) bond motifs is 3. The van der Waals surface area contributed by atoms with Crippen LogP contribution in [-0.4, -0.2) is 20.3 Å². The summed E-state index contributed by atoms with van der Waals surface area (Å²) in [6, 6.07) is 10.3. The second-order valence-electron chi connectivity index (χ2n) is 6.47. The fraction of sp³-hybridized carbons (Fsp3) is 0.263. The molecule has 0 saturated heterocycles. The third kappa shape index (κ3) is 2.86. The molecule has 136 valence electrons. The van der Waals surface area contributed by atoms with E-state index in [2.05, 4.69) is 22.6 Å². The molecule has 27 heavy (non-hydrogen) atoms.